The Morgan fingerprint density at radius 3 is 2.82 bits per heavy atom. The minimum Gasteiger partial charge on any atom is -0.480 e. The number of carbonyl (C=O) groups is 1. The van der Waals surface area contributed by atoms with Gasteiger partial charge in [0.25, 0.3) is 0 Å². The predicted octanol–water partition coefficient (Wildman–Crippen LogP) is 2.32. The third-order valence-corrected chi connectivity index (χ3v) is 6.20. The first kappa shape index (κ1) is 24.2. The van der Waals surface area contributed by atoms with Crippen molar-refractivity contribution >= 4 is 36.4 Å². The Balaban J connectivity index is 1.67. The zero-order chi connectivity index (χ0) is 23.8. The number of nitrogen functional groups attached to an aromatic ring is 1. The second-order valence-electron chi connectivity index (χ2n) is 7.01. The minimum atomic E-state index is -3.68. The molecule has 2 atom stereocenters. The van der Waals surface area contributed by atoms with E-state index in [4.69, 9.17) is 15.0 Å². The number of carboxylic acids is 1. The number of anilines is 2. The molecule has 5 N–H and O–H groups in total. The molecule has 1 unspecified atom stereocenters. The fraction of sp³-hybridized carbons (Fsp3) is 0.300. The summed E-state index contributed by atoms with van der Waals surface area (Å²) in [6.45, 7) is 5.98. The highest BCUT2D eigenvalue weighted by Crippen LogP contribution is 2.43. The number of imidazole rings is 1. The molecule has 1 aromatic carbocycles. The van der Waals surface area contributed by atoms with Crippen molar-refractivity contribution in [3.8, 4) is 5.75 Å². The van der Waals surface area contributed by atoms with Gasteiger partial charge in [-0.25, -0.2) is 10.1 Å². The molecule has 12 nitrogen and oxygen atoms in total. The molecule has 13 heteroatoms. The van der Waals surface area contributed by atoms with Crippen LogP contribution in [0, 0.1) is 0 Å². The Bertz CT molecular complexity index is 1150. The molecule has 0 amide bonds. The molecule has 0 spiro atoms. The maximum absolute atomic E-state index is 13.3. The summed E-state index contributed by atoms with van der Waals surface area (Å²) < 4.78 is 26.2. The lowest BCUT2D eigenvalue weighted by Gasteiger charge is -2.22. The molecule has 0 aliphatic rings. The topological polar surface area (TPSA) is 167 Å². The molecule has 0 saturated carbocycles. The number of nitrogens with two attached hydrogens (primary N) is 1. The molecule has 0 aliphatic carbocycles. The summed E-state index contributed by atoms with van der Waals surface area (Å²) in [6.07, 6.45) is 2.92. The molecule has 0 radical (unpaired) electrons. The van der Waals surface area contributed by atoms with Gasteiger partial charge in [0, 0.05) is 13.1 Å². The monoisotopic (exact) mass is 475 g/mol. The average Bonchev–Trinajstić information content (AvgIpc) is 3.18. The van der Waals surface area contributed by atoms with E-state index >= 15 is 0 Å². The van der Waals surface area contributed by atoms with Crippen LogP contribution in [0.1, 0.15) is 6.92 Å². The summed E-state index contributed by atoms with van der Waals surface area (Å²) in [5.74, 6) is -0.245. The second-order valence-corrected chi connectivity index (χ2v) is 9.06. The fourth-order valence-electron chi connectivity index (χ4n) is 2.86. The second kappa shape index (κ2) is 10.9. The Morgan fingerprint density at radius 2 is 2.12 bits per heavy atom. The number of aromatic nitrogens is 4. The lowest BCUT2D eigenvalue weighted by molar-refractivity contribution is -0.138. The standard InChI is InChI=1S/C20H26N7O5P/c1-3-9-22-17-16-18(25-20(21)24-17)27(12-23-16)10-11-31-13-33(30,26-14(2)19(28)29)32-15-7-5-4-6-8-15/h3-8,12,14H,1,9-11,13H2,2H3,(H,26,30)(H,28,29)(H3,21,22,24,25)/t14-,33?/m0/s1. The van der Waals surface area contributed by atoms with Crippen LogP contribution in [-0.4, -0.2) is 56.1 Å². The predicted molar refractivity (Wildman–Crippen MR) is 124 cm³/mol. The number of aliphatic carboxylic acids is 1. The smallest absolute Gasteiger partial charge is 0.342 e. The van der Waals surface area contributed by atoms with Gasteiger partial charge in [0.1, 0.15) is 18.1 Å². The van der Waals surface area contributed by atoms with E-state index in [1.54, 1.807) is 47.3 Å². The average molecular weight is 475 g/mol. The number of carboxylic acid groups (broad SMARTS) is 1. The van der Waals surface area contributed by atoms with Crippen molar-refractivity contribution in [3.63, 3.8) is 0 Å². The van der Waals surface area contributed by atoms with Gasteiger partial charge < -0.3 is 30.0 Å². The molecule has 0 saturated heterocycles. The van der Waals surface area contributed by atoms with E-state index in [1.165, 1.54) is 6.92 Å². The van der Waals surface area contributed by atoms with Crippen molar-refractivity contribution in [2.45, 2.75) is 19.5 Å². The minimum absolute atomic E-state index is 0.0874. The molecule has 0 fully saturated rings. The highest BCUT2D eigenvalue weighted by molar-refractivity contribution is 7.57. The van der Waals surface area contributed by atoms with Crippen molar-refractivity contribution < 1.29 is 23.7 Å². The van der Waals surface area contributed by atoms with Crippen molar-refractivity contribution in [3.05, 3.63) is 49.3 Å². The Labute approximate surface area is 190 Å². The summed E-state index contributed by atoms with van der Waals surface area (Å²) in [6, 6.07) is 7.38. The van der Waals surface area contributed by atoms with Crippen LogP contribution in [0.25, 0.3) is 11.2 Å². The van der Waals surface area contributed by atoms with E-state index < -0.39 is 19.5 Å². The molecule has 0 aliphatic heterocycles. The van der Waals surface area contributed by atoms with Gasteiger partial charge in [0.05, 0.1) is 12.9 Å². The lowest BCUT2D eigenvalue weighted by atomic mass is 10.3. The molecule has 3 aromatic rings. The number of hydrogen-bond acceptors (Lipinski definition) is 9. The van der Waals surface area contributed by atoms with Crippen LogP contribution in [-0.2, 0) is 20.6 Å². The van der Waals surface area contributed by atoms with Crippen molar-refractivity contribution in [2.75, 3.05) is 30.6 Å². The normalized spacial score (nSPS) is 13.8. The summed E-state index contributed by atoms with van der Waals surface area (Å²) in [5, 5.41) is 14.8. The van der Waals surface area contributed by atoms with Gasteiger partial charge in [-0.1, -0.05) is 24.3 Å². The molecule has 33 heavy (non-hydrogen) atoms. The van der Waals surface area contributed by atoms with E-state index in [0.717, 1.165) is 0 Å². The van der Waals surface area contributed by atoms with Gasteiger partial charge >= 0.3 is 13.5 Å². The van der Waals surface area contributed by atoms with Gasteiger partial charge in [-0.15, -0.1) is 6.58 Å². The highest BCUT2D eigenvalue weighted by atomic mass is 31.2. The van der Waals surface area contributed by atoms with Gasteiger partial charge in [-0.2, -0.15) is 9.97 Å². The number of rotatable bonds is 13. The molecular formula is C20H26N7O5P. The number of nitrogens with zero attached hydrogens (tertiary/aromatic N) is 4. The van der Waals surface area contributed by atoms with E-state index in [9.17, 15) is 14.5 Å². The highest BCUT2D eigenvalue weighted by Gasteiger charge is 2.30. The van der Waals surface area contributed by atoms with E-state index in [1.807, 2.05) is 0 Å². The van der Waals surface area contributed by atoms with Crippen LogP contribution in [0.4, 0.5) is 11.8 Å². The SMILES string of the molecule is C=CCNc1nc(N)nc2c1ncn2CCOCP(=O)(N[C@@H](C)C(=O)O)Oc1ccccc1. The zero-order valence-corrected chi connectivity index (χ0v) is 18.9. The quantitative estimate of drug-likeness (QED) is 0.163. The first-order valence-corrected chi connectivity index (χ1v) is 11.9. The number of benzene rings is 1. The molecular weight excluding hydrogens is 449 g/mol. The summed E-state index contributed by atoms with van der Waals surface area (Å²) in [5.41, 5.74) is 6.87. The van der Waals surface area contributed by atoms with Crippen LogP contribution in [0.2, 0.25) is 0 Å². The van der Waals surface area contributed by atoms with Crippen LogP contribution < -0.4 is 20.7 Å². The van der Waals surface area contributed by atoms with Gasteiger partial charge in [-0.05, 0) is 19.1 Å². The largest absolute Gasteiger partial charge is 0.480 e. The maximum Gasteiger partial charge on any atom is 0.342 e. The van der Waals surface area contributed by atoms with Crippen LogP contribution in [0.3, 0.4) is 0 Å². The van der Waals surface area contributed by atoms with E-state index in [0.29, 0.717) is 35.8 Å². The number of para-hydroxylation sites is 1. The number of fused-ring (bicyclic) bond motifs is 1. The number of ether oxygens (including phenoxy) is 1. The van der Waals surface area contributed by atoms with Crippen LogP contribution in [0.15, 0.2) is 49.3 Å². The molecule has 176 valence electrons. The lowest BCUT2D eigenvalue weighted by Crippen LogP contribution is -2.34. The fourth-order valence-corrected chi connectivity index (χ4v) is 4.57. The summed E-state index contributed by atoms with van der Waals surface area (Å²) in [4.78, 5) is 24.0. The maximum atomic E-state index is 13.3. The van der Waals surface area contributed by atoms with E-state index in [2.05, 4.69) is 31.9 Å². The van der Waals surface area contributed by atoms with Crippen molar-refractivity contribution in [1.82, 2.24) is 24.6 Å². The van der Waals surface area contributed by atoms with Gasteiger partial charge in [0.15, 0.2) is 17.0 Å². The third kappa shape index (κ3) is 6.51. The number of hydrogen-bond donors (Lipinski definition) is 4. The van der Waals surface area contributed by atoms with Crippen LogP contribution in [0.5, 0.6) is 5.75 Å². The first-order chi connectivity index (χ1) is 15.8. The third-order valence-electron chi connectivity index (χ3n) is 4.39. The number of nitrogens with one attached hydrogen (secondary N) is 2. The van der Waals surface area contributed by atoms with Gasteiger partial charge in [0.2, 0.25) is 5.95 Å². The zero-order valence-electron chi connectivity index (χ0n) is 18.0. The van der Waals surface area contributed by atoms with E-state index in [-0.39, 0.29) is 18.9 Å². The Hall–Kier alpha value is -3.47. The van der Waals surface area contributed by atoms with Crippen LogP contribution >= 0.6 is 7.52 Å². The Kier molecular flexibility index (Phi) is 7.99. The van der Waals surface area contributed by atoms with Crippen molar-refractivity contribution in [1.29, 1.82) is 0 Å². The molecule has 0 bridgehead atoms. The summed E-state index contributed by atoms with van der Waals surface area (Å²) in [7, 11) is -3.68. The van der Waals surface area contributed by atoms with Gasteiger partial charge in [-0.3, -0.25) is 9.36 Å². The van der Waals surface area contributed by atoms with Crippen molar-refractivity contribution in [2.24, 2.45) is 0 Å². The summed E-state index contributed by atoms with van der Waals surface area (Å²) >= 11 is 0. The molecule has 2 aromatic heterocycles. The Morgan fingerprint density at radius 1 is 1.36 bits per heavy atom. The molecule has 3 rings (SSSR count). The first-order valence-electron chi connectivity index (χ1n) is 10.1. The molecule has 2 heterocycles.